The summed E-state index contributed by atoms with van der Waals surface area (Å²) in [6.07, 6.45) is -4.14. The molecule has 180 valence electrons. The highest BCUT2D eigenvalue weighted by atomic mass is 32.2. The van der Waals surface area contributed by atoms with Gasteiger partial charge >= 0.3 is 6.18 Å². The summed E-state index contributed by atoms with van der Waals surface area (Å²) in [7, 11) is -4.18. The van der Waals surface area contributed by atoms with Crippen molar-refractivity contribution < 1.29 is 26.7 Å². The lowest BCUT2D eigenvalue weighted by Gasteiger charge is -2.27. The minimum atomic E-state index is -5.15. The molecule has 8 heteroatoms. The molecule has 0 radical (unpaired) electrons. The van der Waals surface area contributed by atoms with E-state index in [2.05, 4.69) is 6.04 Å². The molecule has 1 unspecified atom stereocenters. The highest BCUT2D eigenvalue weighted by Crippen LogP contribution is 2.39. The number of aliphatic hydroxyl groups is 1. The van der Waals surface area contributed by atoms with Crippen molar-refractivity contribution in [3.63, 3.8) is 0 Å². The van der Waals surface area contributed by atoms with Gasteiger partial charge in [0.25, 0.3) is 10.0 Å². The maximum atomic E-state index is 14.0. The number of nitrogens with zero attached hydrogens (tertiary/aromatic N) is 1. The topological polar surface area (TPSA) is 57.6 Å². The Morgan fingerprint density at radius 3 is 1.91 bits per heavy atom. The molecule has 0 amide bonds. The molecule has 0 aliphatic carbocycles. The van der Waals surface area contributed by atoms with Gasteiger partial charge in [0.05, 0.1) is 4.90 Å². The zero-order valence-electron chi connectivity index (χ0n) is 19.5. The average Bonchev–Trinajstić information content (AvgIpc) is 2.72. The van der Waals surface area contributed by atoms with E-state index in [1.54, 1.807) is 19.1 Å². The van der Waals surface area contributed by atoms with Gasteiger partial charge in [0.1, 0.15) is 0 Å². The van der Waals surface area contributed by atoms with E-state index in [0.717, 1.165) is 11.1 Å². The maximum Gasteiger partial charge on any atom is 0.433 e. The van der Waals surface area contributed by atoms with E-state index in [1.807, 2.05) is 33.6 Å². The molecule has 33 heavy (non-hydrogen) atoms. The molecule has 0 heterocycles. The molecular formula is C25H30F3NO3S. The van der Waals surface area contributed by atoms with Gasteiger partial charge in [0.2, 0.25) is 5.60 Å². The first-order chi connectivity index (χ1) is 15.1. The minimum absolute atomic E-state index is 0.0800. The Labute approximate surface area is 194 Å². The van der Waals surface area contributed by atoms with E-state index < -0.39 is 27.4 Å². The Morgan fingerprint density at radius 1 is 0.939 bits per heavy atom. The van der Waals surface area contributed by atoms with E-state index in [0.29, 0.717) is 17.1 Å². The molecule has 2 aromatic rings. The Kier molecular flexibility index (Phi) is 7.93. The van der Waals surface area contributed by atoms with Crippen LogP contribution in [0.15, 0.2) is 53.4 Å². The van der Waals surface area contributed by atoms with E-state index >= 15 is 0 Å². The normalized spacial score (nSPS) is 14.2. The molecular weight excluding hydrogens is 451 g/mol. The van der Waals surface area contributed by atoms with Gasteiger partial charge in [-0.15, -0.1) is 0 Å². The second kappa shape index (κ2) is 9.78. The number of alkyl halides is 3. The van der Waals surface area contributed by atoms with Gasteiger partial charge in [-0.2, -0.15) is 13.2 Å². The lowest BCUT2D eigenvalue weighted by molar-refractivity contribution is -0.240. The molecule has 0 saturated heterocycles. The fourth-order valence-corrected chi connectivity index (χ4v) is 4.31. The maximum absolute atomic E-state index is 14.0. The highest BCUT2D eigenvalue weighted by molar-refractivity contribution is 7.89. The highest BCUT2D eigenvalue weighted by Gasteiger charge is 2.54. The molecule has 2 aromatic carbocycles. The molecule has 2 rings (SSSR count). The van der Waals surface area contributed by atoms with Gasteiger partial charge in [0, 0.05) is 18.2 Å². The van der Waals surface area contributed by atoms with Gasteiger partial charge in [-0.25, -0.2) is 12.7 Å². The summed E-state index contributed by atoms with van der Waals surface area (Å²) in [6, 6.07) is 13.4. The number of hydrogen-bond donors (Lipinski definition) is 1. The fourth-order valence-electron chi connectivity index (χ4n) is 3.04. The Bertz CT molecular complexity index is 1110. The van der Waals surface area contributed by atoms with Crippen molar-refractivity contribution in [2.75, 3.05) is 6.54 Å². The Balaban J connectivity index is 2.57. The molecule has 0 aliphatic rings. The van der Waals surface area contributed by atoms with E-state index in [9.17, 15) is 26.7 Å². The van der Waals surface area contributed by atoms with Crippen LogP contribution in [0.5, 0.6) is 0 Å². The van der Waals surface area contributed by atoms with Gasteiger partial charge in [0.15, 0.2) is 0 Å². The molecule has 0 aromatic heterocycles. The first-order valence-electron chi connectivity index (χ1n) is 10.7. The van der Waals surface area contributed by atoms with Crippen LogP contribution in [0.25, 0.3) is 0 Å². The molecule has 0 spiro atoms. The monoisotopic (exact) mass is 481 g/mol. The van der Waals surface area contributed by atoms with Crippen LogP contribution in [0.4, 0.5) is 13.2 Å². The van der Waals surface area contributed by atoms with Gasteiger partial charge in [-0.1, -0.05) is 76.1 Å². The first-order valence-corrected chi connectivity index (χ1v) is 12.1. The predicted molar refractivity (Wildman–Crippen MR) is 123 cm³/mol. The lowest BCUT2D eigenvalue weighted by Crippen LogP contribution is -2.41. The van der Waals surface area contributed by atoms with E-state index in [1.165, 1.54) is 36.4 Å². The number of halogens is 3. The van der Waals surface area contributed by atoms with Crippen molar-refractivity contribution in [3.05, 3.63) is 65.2 Å². The number of rotatable bonds is 6. The van der Waals surface area contributed by atoms with Crippen LogP contribution in [0.3, 0.4) is 0 Å². The smallest absolute Gasteiger partial charge is 0.366 e. The summed E-state index contributed by atoms with van der Waals surface area (Å²) < 4.78 is 68.7. The summed E-state index contributed by atoms with van der Waals surface area (Å²) >= 11 is 0. The molecule has 1 atom stereocenters. The number of unbranched alkanes of at least 4 members (excludes halogenated alkanes) is 1. The van der Waals surface area contributed by atoms with E-state index in [-0.39, 0.29) is 16.9 Å². The van der Waals surface area contributed by atoms with Gasteiger partial charge < -0.3 is 5.11 Å². The SMILES string of the molecule is CCCCN(C#CC(O)(c1ccc(C(C)(C)C)cc1)C(F)(F)F)S(=O)(=O)c1ccc(C)cc1. The lowest BCUT2D eigenvalue weighted by atomic mass is 9.84. The second-order valence-corrected chi connectivity index (χ2v) is 10.9. The largest absolute Gasteiger partial charge is 0.433 e. The summed E-state index contributed by atoms with van der Waals surface area (Å²) in [4.78, 5) is -0.0800. The third kappa shape index (κ3) is 6.10. The Hall–Kier alpha value is -2.50. The average molecular weight is 482 g/mol. The third-order valence-electron chi connectivity index (χ3n) is 5.26. The molecule has 0 saturated carbocycles. The molecule has 1 N–H and O–H groups in total. The van der Waals surface area contributed by atoms with Crippen molar-refractivity contribution in [3.8, 4) is 12.0 Å². The summed E-state index contributed by atoms with van der Waals surface area (Å²) in [5.74, 6) is 1.83. The van der Waals surface area contributed by atoms with Crippen molar-refractivity contribution in [1.82, 2.24) is 4.31 Å². The van der Waals surface area contributed by atoms with Crippen LogP contribution >= 0.6 is 0 Å². The van der Waals surface area contributed by atoms with Crippen LogP contribution in [0.1, 0.15) is 57.2 Å². The van der Waals surface area contributed by atoms with Crippen LogP contribution in [0, 0.1) is 18.9 Å². The standard InChI is InChI=1S/C25H30F3NO3S/c1-6-7-17-29(33(31,32)22-14-8-19(2)9-15-22)18-16-24(30,25(26,27)28)21-12-10-20(11-13-21)23(3,4)5/h8-15,30H,6-7,17H2,1-5H3. The van der Waals surface area contributed by atoms with Crippen LogP contribution in [-0.2, 0) is 21.0 Å². The number of aryl methyl sites for hydroxylation is 1. The first kappa shape index (κ1) is 26.7. The van der Waals surface area contributed by atoms with Crippen molar-refractivity contribution in [1.29, 1.82) is 0 Å². The number of sulfonamides is 1. The molecule has 4 nitrogen and oxygen atoms in total. The predicted octanol–water partition coefficient (Wildman–Crippen LogP) is 5.49. The number of hydrogen-bond acceptors (Lipinski definition) is 3. The zero-order chi connectivity index (χ0) is 25.1. The summed E-state index contributed by atoms with van der Waals surface area (Å²) in [5, 5.41) is 10.6. The van der Waals surface area contributed by atoms with E-state index in [4.69, 9.17) is 0 Å². The van der Waals surface area contributed by atoms with Crippen LogP contribution < -0.4 is 0 Å². The second-order valence-electron chi connectivity index (χ2n) is 9.02. The quantitative estimate of drug-likeness (QED) is 0.438. The molecule has 0 aliphatic heterocycles. The van der Waals surface area contributed by atoms with Gasteiger partial charge in [-0.3, -0.25) is 0 Å². The van der Waals surface area contributed by atoms with Crippen molar-refractivity contribution in [2.45, 2.75) is 69.5 Å². The Morgan fingerprint density at radius 2 is 1.45 bits per heavy atom. The van der Waals surface area contributed by atoms with Crippen molar-refractivity contribution >= 4 is 10.0 Å². The zero-order valence-corrected chi connectivity index (χ0v) is 20.3. The fraction of sp³-hybridized carbons (Fsp3) is 0.440. The summed E-state index contributed by atoms with van der Waals surface area (Å²) in [5.41, 5.74) is -2.67. The van der Waals surface area contributed by atoms with Gasteiger partial charge in [-0.05, 0) is 42.4 Å². The molecule has 0 bridgehead atoms. The summed E-state index contributed by atoms with van der Waals surface area (Å²) in [6.45, 7) is 9.26. The number of benzene rings is 2. The molecule has 0 fully saturated rings. The third-order valence-corrected chi connectivity index (χ3v) is 6.99. The van der Waals surface area contributed by atoms with Crippen LogP contribution in [-0.4, -0.2) is 30.6 Å². The van der Waals surface area contributed by atoms with Crippen molar-refractivity contribution in [2.24, 2.45) is 0 Å². The minimum Gasteiger partial charge on any atom is -0.366 e. The van der Waals surface area contributed by atoms with Crippen LogP contribution in [0.2, 0.25) is 0 Å².